The molecule has 10 heteroatoms. The molecule has 0 heterocycles. The van der Waals surface area contributed by atoms with Gasteiger partial charge in [0.05, 0.1) is 28.1 Å². The lowest BCUT2D eigenvalue weighted by Gasteiger charge is -2.09. The zero-order valence-corrected chi connectivity index (χ0v) is 13.6. The highest BCUT2D eigenvalue weighted by Crippen LogP contribution is 2.27. The molecule has 5 N–H and O–H groups in total. The van der Waals surface area contributed by atoms with Crippen LogP contribution in [-0.4, -0.2) is 21.1 Å². The number of nitrogens with zero attached hydrogens (tertiary/aromatic N) is 2. The number of hydrogen-bond acceptors (Lipinski definition) is 8. The van der Waals surface area contributed by atoms with Gasteiger partial charge in [0, 0.05) is 0 Å². The molecule has 0 aromatic heterocycles. The topological polar surface area (TPSA) is 168 Å². The summed E-state index contributed by atoms with van der Waals surface area (Å²) in [6, 6.07) is 8.00. The number of nitro groups is 2. The number of phenols is 1. The van der Waals surface area contributed by atoms with Gasteiger partial charge in [-0.05, 0) is 38.1 Å². The van der Waals surface area contributed by atoms with Crippen LogP contribution >= 0.6 is 0 Å². The number of nitrogen functional groups attached to an aromatic ring is 2. The highest BCUT2D eigenvalue weighted by atomic mass is 16.6. The minimum atomic E-state index is -0.644. The Kier molecular flexibility index (Phi) is 10.6. The maximum atomic E-state index is 10.5. The van der Waals surface area contributed by atoms with E-state index in [9.17, 15) is 20.2 Å². The van der Waals surface area contributed by atoms with Gasteiger partial charge in [0.1, 0.15) is 22.9 Å². The number of rotatable bonds is 4. The Hall–Kier alpha value is -3.56. The Morgan fingerprint density at radius 1 is 0.926 bits per heavy atom. The van der Waals surface area contributed by atoms with Crippen molar-refractivity contribution >= 4 is 22.7 Å². The second-order valence-electron chi connectivity index (χ2n) is 5.14. The van der Waals surface area contributed by atoms with Gasteiger partial charge < -0.3 is 21.3 Å². The molecular formula is C17H26N4O6. The fraction of sp³-hybridized carbons (Fsp3) is 0.294. The van der Waals surface area contributed by atoms with E-state index in [0.717, 1.165) is 6.07 Å². The summed E-state index contributed by atoms with van der Waals surface area (Å²) in [4.78, 5) is 19.5. The van der Waals surface area contributed by atoms with Crippen LogP contribution in [0.4, 0.5) is 22.7 Å². The highest BCUT2D eigenvalue weighted by Gasteiger charge is 2.13. The van der Waals surface area contributed by atoms with Gasteiger partial charge in [-0.25, -0.2) is 0 Å². The Balaban J connectivity index is 0. The third-order valence-electron chi connectivity index (χ3n) is 2.78. The number of aromatic hydroxyl groups is 1. The Morgan fingerprint density at radius 2 is 1.37 bits per heavy atom. The summed E-state index contributed by atoms with van der Waals surface area (Å²) in [5.41, 5.74) is 10.5. The smallest absolute Gasteiger partial charge is 0.295 e. The zero-order valence-electron chi connectivity index (χ0n) is 13.6. The fourth-order valence-corrected chi connectivity index (χ4v) is 1.72. The molecule has 0 aliphatic carbocycles. The number of hydrogen-bond donors (Lipinski definition) is 3. The maximum absolute atomic E-state index is 10.5. The molecule has 10 nitrogen and oxygen atoms in total. The zero-order chi connectivity index (χ0) is 19.1. The second-order valence-corrected chi connectivity index (χ2v) is 5.14. The van der Waals surface area contributed by atoms with E-state index in [4.69, 9.17) is 21.3 Å². The first-order valence-electron chi connectivity index (χ1n) is 7.05. The van der Waals surface area contributed by atoms with Crippen LogP contribution in [-0.2, 0) is 0 Å². The van der Waals surface area contributed by atoms with Crippen molar-refractivity contribution in [2.75, 3.05) is 11.5 Å². The monoisotopic (exact) mass is 382 g/mol. The van der Waals surface area contributed by atoms with Gasteiger partial charge in [-0.1, -0.05) is 14.9 Å². The summed E-state index contributed by atoms with van der Waals surface area (Å²) < 4.78 is 5.30. The SMILES string of the molecule is C.C.CC(C)Oc1ccc(N)c([N+](=O)[O-])c1.Nc1ccc(O)cc1[N+](=O)[O-]. The van der Waals surface area contributed by atoms with Crippen LogP contribution in [0, 0.1) is 20.2 Å². The molecule has 0 aliphatic rings. The van der Waals surface area contributed by atoms with E-state index in [1.807, 2.05) is 13.8 Å². The number of ether oxygens (including phenoxy) is 1. The average molecular weight is 382 g/mol. The molecule has 0 spiro atoms. The average Bonchev–Trinajstić information content (AvgIpc) is 2.51. The van der Waals surface area contributed by atoms with E-state index in [0.29, 0.717) is 5.75 Å². The summed E-state index contributed by atoms with van der Waals surface area (Å²) in [5.74, 6) is 0.298. The molecule has 0 fully saturated rings. The van der Waals surface area contributed by atoms with E-state index in [-0.39, 0.29) is 49.5 Å². The van der Waals surface area contributed by atoms with Crippen LogP contribution in [0.25, 0.3) is 0 Å². The first-order chi connectivity index (χ1) is 11.6. The Morgan fingerprint density at radius 3 is 1.78 bits per heavy atom. The molecular weight excluding hydrogens is 356 g/mol. The van der Waals surface area contributed by atoms with Crippen LogP contribution in [0.15, 0.2) is 36.4 Å². The van der Waals surface area contributed by atoms with E-state index in [1.54, 1.807) is 6.07 Å². The molecule has 0 saturated carbocycles. The van der Waals surface area contributed by atoms with E-state index in [1.165, 1.54) is 24.3 Å². The van der Waals surface area contributed by atoms with Gasteiger partial charge in [-0.3, -0.25) is 20.2 Å². The van der Waals surface area contributed by atoms with Gasteiger partial charge in [-0.15, -0.1) is 0 Å². The highest BCUT2D eigenvalue weighted by molar-refractivity contribution is 5.61. The molecule has 0 atom stereocenters. The first-order valence-corrected chi connectivity index (χ1v) is 7.05. The Bertz CT molecular complexity index is 780. The number of nitro benzene ring substituents is 2. The third kappa shape index (κ3) is 7.90. The molecule has 27 heavy (non-hydrogen) atoms. The largest absolute Gasteiger partial charge is 0.508 e. The van der Waals surface area contributed by atoms with Crippen molar-refractivity contribution in [1.29, 1.82) is 0 Å². The maximum Gasteiger partial charge on any atom is 0.295 e. The summed E-state index contributed by atoms with van der Waals surface area (Å²) >= 11 is 0. The first kappa shape index (κ1) is 25.7. The number of phenolic OH excluding ortho intramolecular Hbond substituents is 1. The number of nitrogens with two attached hydrogens (primary N) is 2. The molecule has 0 bridgehead atoms. The van der Waals surface area contributed by atoms with Crippen molar-refractivity contribution in [3.63, 3.8) is 0 Å². The molecule has 2 aromatic carbocycles. The van der Waals surface area contributed by atoms with Crippen molar-refractivity contribution in [2.24, 2.45) is 0 Å². The summed E-state index contributed by atoms with van der Waals surface area (Å²) in [5, 5.41) is 29.5. The van der Waals surface area contributed by atoms with Crippen LogP contribution in [0.2, 0.25) is 0 Å². The normalized spacial score (nSPS) is 9.15. The molecule has 0 radical (unpaired) electrons. The lowest BCUT2D eigenvalue weighted by molar-refractivity contribution is -0.384. The number of benzene rings is 2. The van der Waals surface area contributed by atoms with Crippen molar-refractivity contribution in [1.82, 2.24) is 0 Å². The minimum absolute atomic E-state index is 0. The minimum Gasteiger partial charge on any atom is -0.508 e. The molecule has 0 amide bonds. The molecule has 150 valence electrons. The van der Waals surface area contributed by atoms with Gasteiger partial charge in [-0.2, -0.15) is 0 Å². The van der Waals surface area contributed by atoms with Gasteiger partial charge in [0.2, 0.25) is 0 Å². The quantitative estimate of drug-likeness (QED) is 0.307. The van der Waals surface area contributed by atoms with Crippen LogP contribution in [0.5, 0.6) is 11.5 Å². The third-order valence-corrected chi connectivity index (χ3v) is 2.78. The summed E-state index contributed by atoms with van der Waals surface area (Å²) in [6.07, 6.45) is -0.0155. The van der Waals surface area contributed by atoms with E-state index in [2.05, 4.69) is 0 Å². The van der Waals surface area contributed by atoms with Crippen molar-refractivity contribution in [3.8, 4) is 11.5 Å². The van der Waals surface area contributed by atoms with Crippen LogP contribution in [0.1, 0.15) is 28.7 Å². The predicted molar refractivity (Wildman–Crippen MR) is 106 cm³/mol. The van der Waals surface area contributed by atoms with Gasteiger partial charge in [0.15, 0.2) is 0 Å². The predicted octanol–water partition coefficient (Wildman–Crippen LogP) is 4.12. The standard InChI is InChI=1S/C9H12N2O3.C6H6N2O3.2CH4/c1-6(2)14-7-3-4-8(10)9(5-7)11(12)13;7-5-2-1-4(9)3-6(5)8(10)11;;/h3-6H,10H2,1-2H3;1-3,9H,7H2;2*1H4. The lowest BCUT2D eigenvalue weighted by Crippen LogP contribution is -2.06. The summed E-state index contributed by atoms with van der Waals surface area (Å²) in [6.45, 7) is 3.70. The fourth-order valence-electron chi connectivity index (χ4n) is 1.72. The van der Waals surface area contributed by atoms with Crippen molar-refractivity contribution < 1.29 is 19.7 Å². The molecule has 0 saturated heterocycles. The summed E-state index contributed by atoms with van der Waals surface area (Å²) in [7, 11) is 0. The lowest BCUT2D eigenvalue weighted by atomic mass is 10.2. The van der Waals surface area contributed by atoms with Gasteiger partial charge >= 0.3 is 0 Å². The molecule has 0 unspecified atom stereocenters. The van der Waals surface area contributed by atoms with Crippen molar-refractivity contribution in [2.45, 2.75) is 34.8 Å². The number of anilines is 2. The second kappa shape index (κ2) is 11.1. The molecule has 0 aliphatic heterocycles. The Labute approximate surface area is 157 Å². The van der Waals surface area contributed by atoms with E-state index >= 15 is 0 Å². The van der Waals surface area contributed by atoms with Crippen molar-refractivity contribution in [3.05, 3.63) is 56.6 Å². The van der Waals surface area contributed by atoms with Crippen LogP contribution in [0.3, 0.4) is 0 Å². The molecule has 2 aromatic rings. The van der Waals surface area contributed by atoms with Crippen LogP contribution < -0.4 is 16.2 Å². The van der Waals surface area contributed by atoms with E-state index < -0.39 is 9.85 Å². The molecule has 2 rings (SSSR count). The van der Waals surface area contributed by atoms with Gasteiger partial charge in [0.25, 0.3) is 11.4 Å².